The summed E-state index contributed by atoms with van der Waals surface area (Å²) >= 11 is 0. The second kappa shape index (κ2) is 4.10. The van der Waals surface area contributed by atoms with Crippen LogP contribution in [0.1, 0.15) is 5.69 Å². The molecule has 1 fully saturated rings. The highest BCUT2D eigenvalue weighted by molar-refractivity contribution is 5.74. The summed E-state index contributed by atoms with van der Waals surface area (Å²) in [6.07, 6.45) is 4.08. The van der Waals surface area contributed by atoms with Crippen molar-refractivity contribution in [3.05, 3.63) is 41.9 Å². The van der Waals surface area contributed by atoms with Crippen molar-refractivity contribution in [3.63, 3.8) is 0 Å². The van der Waals surface area contributed by atoms with Crippen LogP contribution in [0.2, 0.25) is 0 Å². The predicted octanol–water partition coefficient (Wildman–Crippen LogP) is 0.932. The fourth-order valence-electron chi connectivity index (χ4n) is 2.55. The van der Waals surface area contributed by atoms with Crippen LogP contribution in [0, 0.1) is 0 Å². The van der Waals surface area contributed by atoms with Gasteiger partial charge in [0.1, 0.15) is 11.3 Å². The lowest BCUT2D eigenvalue weighted by atomic mass is 9.88. The first kappa shape index (κ1) is 11.2. The molecule has 1 aromatic rings. The number of pyridine rings is 1. The fraction of sp³-hybridized carbons (Fsp3) is 0.385. The van der Waals surface area contributed by atoms with Crippen LogP contribution >= 0.6 is 0 Å². The lowest BCUT2D eigenvalue weighted by molar-refractivity contribution is 0.163. The van der Waals surface area contributed by atoms with Crippen LogP contribution in [0.3, 0.4) is 0 Å². The quantitative estimate of drug-likeness (QED) is 0.842. The molecule has 0 aliphatic carbocycles. The summed E-state index contributed by atoms with van der Waals surface area (Å²) in [4.78, 5) is 17.8. The number of carbonyl (C=O) groups excluding carboxylic acids is 1. The van der Waals surface area contributed by atoms with E-state index in [1.165, 1.54) is 0 Å². The van der Waals surface area contributed by atoms with Gasteiger partial charge in [0.05, 0.1) is 0 Å². The third-order valence-electron chi connectivity index (χ3n) is 3.62. The summed E-state index contributed by atoms with van der Waals surface area (Å²) in [6, 6.07) is 5.81. The molecule has 0 saturated carbocycles. The molecule has 1 amide bonds. The number of nitrogens with zero attached hydrogens (tertiary/aromatic N) is 2. The lowest BCUT2D eigenvalue weighted by Crippen LogP contribution is -2.55. The van der Waals surface area contributed by atoms with E-state index in [4.69, 9.17) is 4.74 Å². The highest BCUT2D eigenvalue weighted by atomic mass is 16.6. The first-order valence-corrected chi connectivity index (χ1v) is 5.99. The van der Waals surface area contributed by atoms with E-state index < -0.39 is 5.54 Å². The van der Waals surface area contributed by atoms with E-state index >= 15 is 0 Å². The zero-order valence-electron chi connectivity index (χ0n) is 10.2. The summed E-state index contributed by atoms with van der Waals surface area (Å²) in [7, 11) is 1.78. The maximum Gasteiger partial charge on any atom is 0.415 e. The largest absolute Gasteiger partial charge is 0.415 e. The third kappa shape index (κ3) is 1.59. The molecule has 1 saturated heterocycles. The van der Waals surface area contributed by atoms with Crippen molar-refractivity contribution in [1.82, 2.24) is 15.2 Å². The molecule has 1 atom stereocenters. The van der Waals surface area contributed by atoms with Crippen LogP contribution in [-0.4, -0.2) is 41.7 Å². The van der Waals surface area contributed by atoms with Gasteiger partial charge in [0.25, 0.3) is 0 Å². The highest BCUT2D eigenvalue weighted by Gasteiger charge is 2.50. The van der Waals surface area contributed by atoms with E-state index in [0.717, 1.165) is 18.0 Å². The van der Waals surface area contributed by atoms with Gasteiger partial charge in [0, 0.05) is 38.4 Å². The van der Waals surface area contributed by atoms with Crippen molar-refractivity contribution >= 4 is 6.09 Å². The van der Waals surface area contributed by atoms with Crippen molar-refractivity contribution < 1.29 is 9.53 Å². The summed E-state index contributed by atoms with van der Waals surface area (Å²) in [5, 5.41) is 3.29. The minimum Gasteiger partial charge on any atom is -0.412 e. The van der Waals surface area contributed by atoms with Gasteiger partial charge in [-0.25, -0.2) is 4.79 Å². The average molecular weight is 245 g/mol. The fourth-order valence-corrected chi connectivity index (χ4v) is 2.55. The Labute approximate surface area is 105 Å². The second-order valence-corrected chi connectivity index (χ2v) is 4.66. The van der Waals surface area contributed by atoms with E-state index in [9.17, 15) is 4.79 Å². The van der Waals surface area contributed by atoms with E-state index in [1.807, 2.05) is 24.3 Å². The SMILES string of the molecule is CN1C(=O)OC2=CCNCC21Cc1ccccn1. The maximum atomic E-state index is 11.8. The molecule has 2 aliphatic heterocycles. The van der Waals surface area contributed by atoms with E-state index in [1.54, 1.807) is 18.1 Å². The summed E-state index contributed by atoms with van der Waals surface area (Å²) in [5.74, 6) is 0.749. The number of ether oxygens (including phenoxy) is 1. The molecule has 3 heterocycles. The van der Waals surface area contributed by atoms with Crippen LogP contribution < -0.4 is 5.32 Å². The van der Waals surface area contributed by atoms with Crippen molar-refractivity contribution in [2.75, 3.05) is 20.1 Å². The molecule has 3 rings (SSSR count). The van der Waals surface area contributed by atoms with Crippen molar-refractivity contribution in [2.45, 2.75) is 12.0 Å². The minimum absolute atomic E-state index is 0.291. The molecule has 0 bridgehead atoms. The number of hydrogen-bond acceptors (Lipinski definition) is 4. The Morgan fingerprint density at radius 3 is 3.22 bits per heavy atom. The second-order valence-electron chi connectivity index (χ2n) is 4.66. The number of nitrogens with one attached hydrogen (secondary N) is 1. The Morgan fingerprint density at radius 2 is 2.44 bits per heavy atom. The van der Waals surface area contributed by atoms with E-state index in [2.05, 4.69) is 10.3 Å². The Hall–Kier alpha value is -1.88. The summed E-state index contributed by atoms with van der Waals surface area (Å²) in [5.41, 5.74) is 0.529. The molecule has 0 aromatic carbocycles. The number of rotatable bonds is 2. The predicted molar refractivity (Wildman–Crippen MR) is 65.9 cm³/mol. The number of aromatic nitrogens is 1. The monoisotopic (exact) mass is 245 g/mol. The molecule has 1 aromatic heterocycles. The van der Waals surface area contributed by atoms with Crippen LogP contribution in [0.4, 0.5) is 4.79 Å². The molecular weight excluding hydrogens is 230 g/mol. The van der Waals surface area contributed by atoms with Crippen LogP contribution in [-0.2, 0) is 11.2 Å². The van der Waals surface area contributed by atoms with Crippen LogP contribution in [0.25, 0.3) is 0 Å². The average Bonchev–Trinajstić information content (AvgIpc) is 2.64. The van der Waals surface area contributed by atoms with Gasteiger partial charge in [0.2, 0.25) is 0 Å². The minimum atomic E-state index is -0.427. The Balaban J connectivity index is 1.98. The zero-order valence-corrected chi connectivity index (χ0v) is 10.2. The third-order valence-corrected chi connectivity index (χ3v) is 3.62. The van der Waals surface area contributed by atoms with Gasteiger partial charge in [-0.3, -0.25) is 9.88 Å². The van der Waals surface area contributed by atoms with Gasteiger partial charge in [-0.1, -0.05) is 6.07 Å². The smallest absolute Gasteiger partial charge is 0.412 e. The summed E-state index contributed by atoms with van der Waals surface area (Å²) < 4.78 is 5.33. The molecule has 1 N–H and O–H groups in total. The molecule has 18 heavy (non-hydrogen) atoms. The van der Waals surface area contributed by atoms with Gasteiger partial charge >= 0.3 is 6.09 Å². The number of fused-ring (bicyclic) bond motifs is 1. The van der Waals surface area contributed by atoms with Crippen LogP contribution in [0.15, 0.2) is 36.2 Å². The van der Waals surface area contributed by atoms with Gasteiger partial charge in [0.15, 0.2) is 0 Å². The number of hydrogen-bond donors (Lipinski definition) is 1. The highest BCUT2D eigenvalue weighted by Crippen LogP contribution is 2.36. The normalized spacial score (nSPS) is 26.6. The molecule has 94 valence electrons. The molecule has 2 aliphatic rings. The van der Waals surface area contributed by atoms with Crippen molar-refractivity contribution in [1.29, 1.82) is 0 Å². The Morgan fingerprint density at radius 1 is 1.56 bits per heavy atom. The maximum absolute atomic E-state index is 11.8. The summed E-state index contributed by atoms with van der Waals surface area (Å²) in [6.45, 7) is 1.43. The van der Waals surface area contributed by atoms with Crippen LogP contribution in [0.5, 0.6) is 0 Å². The first-order chi connectivity index (χ1) is 8.72. The molecule has 0 radical (unpaired) electrons. The van der Waals surface area contributed by atoms with Crippen molar-refractivity contribution in [2.24, 2.45) is 0 Å². The van der Waals surface area contributed by atoms with Crippen molar-refractivity contribution in [3.8, 4) is 0 Å². The molecule has 5 heteroatoms. The van der Waals surface area contributed by atoms with Gasteiger partial charge < -0.3 is 10.1 Å². The Kier molecular flexibility index (Phi) is 2.56. The van der Waals surface area contributed by atoms with E-state index in [0.29, 0.717) is 13.0 Å². The van der Waals surface area contributed by atoms with Gasteiger partial charge in [-0.2, -0.15) is 0 Å². The molecule has 5 nitrogen and oxygen atoms in total. The molecule has 1 unspecified atom stereocenters. The molecular formula is C13H15N3O2. The zero-order chi connectivity index (χ0) is 12.6. The topological polar surface area (TPSA) is 54.5 Å². The molecule has 0 spiro atoms. The standard InChI is InChI=1S/C13H15N3O2/c1-16-12(17)18-11-5-7-14-9-13(11,16)8-10-4-2-3-6-15-10/h2-6,14H,7-9H2,1H3. The number of amides is 1. The van der Waals surface area contributed by atoms with E-state index in [-0.39, 0.29) is 6.09 Å². The number of likely N-dealkylation sites (N-methyl/N-ethyl adjacent to an activating group) is 1. The lowest BCUT2D eigenvalue weighted by Gasteiger charge is -2.36. The number of carbonyl (C=O) groups is 1. The first-order valence-electron chi connectivity index (χ1n) is 5.99. The van der Waals surface area contributed by atoms with Gasteiger partial charge in [-0.15, -0.1) is 0 Å². The Bertz CT molecular complexity index is 500. The van der Waals surface area contributed by atoms with Gasteiger partial charge in [-0.05, 0) is 18.2 Å².